The highest BCUT2D eigenvalue weighted by Crippen LogP contribution is 2.38. The lowest BCUT2D eigenvalue weighted by molar-refractivity contribution is -0.214. The van der Waals surface area contributed by atoms with Gasteiger partial charge in [-0.3, -0.25) is 0 Å². The van der Waals surface area contributed by atoms with Crippen molar-refractivity contribution in [3.8, 4) is 0 Å². The highest BCUT2D eigenvalue weighted by atomic mass is 19.2. The molecule has 2 aliphatic rings. The van der Waals surface area contributed by atoms with Gasteiger partial charge in [0.05, 0.1) is 13.2 Å². The van der Waals surface area contributed by atoms with Gasteiger partial charge in [0.1, 0.15) is 0 Å². The van der Waals surface area contributed by atoms with Gasteiger partial charge in [0, 0.05) is 11.5 Å². The Hall–Kier alpha value is -1.00. The summed E-state index contributed by atoms with van der Waals surface area (Å²) >= 11 is 0. The van der Waals surface area contributed by atoms with Gasteiger partial charge in [-0.15, -0.1) is 0 Å². The van der Waals surface area contributed by atoms with Crippen molar-refractivity contribution in [1.29, 1.82) is 0 Å². The van der Waals surface area contributed by atoms with Crippen LogP contribution in [0.1, 0.15) is 50.9 Å². The standard InChI is InChI=1S/C18H24F2O2/c1-2-12-3-5-13(6-4-12)15-10-21-18(22-11-15)14-7-8-16(19)17(20)9-14/h7-9,12-13,15,18H,2-6,10-11H2,1H3. The summed E-state index contributed by atoms with van der Waals surface area (Å²) in [5.41, 5.74) is 0.548. The maximum absolute atomic E-state index is 13.3. The minimum absolute atomic E-state index is 0.430. The second-order valence-electron chi connectivity index (χ2n) is 6.62. The Morgan fingerprint density at radius 2 is 1.64 bits per heavy atom. The normalized spacial score (nSPS) is 32.9. The van der Waals surface area contributed by atoms with E-state index in [2.05, 4.69) is 6.92 Å². The van der Waals surface area contributed by atoms with Gasteiger partial charge in [-0.25, -0.2) is 8.78 Å². The maximum Gasteiger partial charge on any atom is 0.183 e. The molecule has 2 nitrogen and oxygen atoms in total. The van der Waals surface area contributed by atoms with Crippen molar-refractivity contribution >= 4 is 0 Å². The van der Waals surface area contributed by atoms with E-state index in [-0.39, 0.29) is 0 Å². The van der Waals surface area contributed by atoms with Crippen LogP contribution in [-0.4, -0.2) is 13.2 Å². The quantitative estimate of drug-likeness (QED) is 0.795. The molecule has 0 amide bonds. The number of ether oxygens (including phenoxy) is 2. The Bertz CT molecular complexity index is 490. The van der Waals surface area contributed by atoms with Crippen LogP contribution in [0.4, 0.5) is 8.78 Å². The van der Waals surface area contributed by atoms with Crippen LogP contribution in [0.15, 0.2) is 18.2 Å². The summed E-state index contributed by atoms with van der Waals surface area (Å²) in [6.45, 7) is 3.56. The molecule has 0 spiro atoms. The second-order valence-corrected chi connectivity index (χ2v) is 6.62. The summed E-state index contributed by atoms with van der Waals surface area (Å²) in [5, 5.41) is 0. The lowest BCUT2D eigenvalue weighted by Crippen LogP contribution is -2.34. The molecule has 0 bridgehead atoms. The molecule has 1 aliphatic carbocycles. The van der Waals surface area contributed by atoms with Crippen LogP contribution in [-0.2, 0) is 9.47 Å². The summed E-state index contributed by atoms with van der Waals surface area (Å²) < 4.78 is 37.8. The smallest absolute Gasteiger partial charge is 0.183 e. The number of benzene rings is 1. The molecule has 0 N–H and O–H groups in total. The molecule has 122 valence electrons. The highest BCUT2D eigenvalue weighted by molar-refractivity contribution is 5.19. The van der Waals surface area contributed by atoms with E-state index in [0.29, 0.717) is 30.6 Å². The fraction of sp³-hybridized carbons (Fsp3) is 0.667. The third-order valence-corrected chi connectivity index (χ3v) is 5.27. The monoisotopic (exact) mass is 310 g/mol. The van der Waals surface area contributed by atoms with E-state index >= 15 is 0 Å². The Balaban J connectivity index is 1.53. The second kappa shape index (κ2) is 7.05. The number of hydrogen-bond acceptors (Lipinski definition) is 2. The molecule has 2 fully saturated rings. The summed E-state index contributed by atoms with van der Waals surface area (Å²) in [4.78, 5) is 0. The van der Waals surface area contributed by atoms with Gasteiger partial charge in [-0.2, -0.15) is 0 Å². The van der Waals surface area contributed by atoms with Gasteiger partial charge < -0.3 is 9.47 Å². The summed E-state index contributed by atoms with van der Waals surface area (Å²) in [6.07, 6.45) is 5.84. The fourth-order valence-corrected chi connectivity index (χ4v) is 3.71. The van der Waals surface area contributed by atoms with Crippen molar-refractivity contribution in [2.45, 2.75) is 45.3 Å². The molecule has 1 saturated carbocycles. The predicted octanol–water partition coefficient (Wildman–Crippen LogP) is 4.84. The van der Waals surface area contributed by atoms with Crippen LogP contribution in [0.3, 0.4) is 0 Å². The average molecular weight is 310 g/mol. The molecule has 0 radical (unpaired) electrons. The van der Waals surface area contributed by atoms with Crippen molar-refractivity contribution < 1.29 is 18.3 Å². The van der Waals surface area contributed by atoms with Crippen LogP contribution in [0.5, 0.6) is 0 Å². The highest BCUT2D eigenvalue weighted by Gasteiger charge is 2.32. The molecule has 4 heteroatoms. The summed E-state index contributed by atoms with van der Waals surface area (Å²) in [5.74, 6) is 0.291. The van der Waals surface area contributed by atoms with E-state index in [0.717, 1.165) is 18.1 Å². The predicted molar refractivity (Wildman–Crippen MR) is 80.2 cm³/mol. The first-order valence-corrected chi connectivity index (χ1v) is 8.35. The van der Waals surface area contributed by atoms with Gasteiger partial charge in [0.25, 0.3) is 0 Å². The number of hydrogen-bond donors (Lipinski definition) is 0. The zero-order valence-electron chi connectivity index (χ0n) is 13.1. The first kappa shape index (κ1) is 15.9. The van der Waals surface area contributed by atoms with Gasteiger partial charge in [-0.05, 0) is 36.8 Å². The largest absolute Gasteiger partial charge is 0.348 e. The van der Waals surface area contributed by atoms with Crippen molar-refractivity contribution in [3.05, 3.63) is 35.4 Å². The average Bonchev–Trinajstić information content (AvgIpc) is 2.58. The molecular weight excluding hydrogens is 286 g/mol. The molecule has 0 unspecified atom stereocenters. The zero-order chi connectivity index (χ0) is 15.5. The molecule has 1 aliphatic heterocycles. The molecule has 1 heterocycles. The van der Waals surface area contributed by atoms with E-state index in [1.54, 1.807) is 0 Å². The minimum Gasteiger partial charge on any atom is -0.348 e. The Labute approximate surface area is 130 Å². The SMILES string of the molecule is CCC1CCC(C2COC(c3ccc(F)c(F)c3)OC2)CC1. The number of halogens is 2. The Morgan fingerprint density at radius 3 is 2.23 bits per heavy atom. The van der Waals surface area contributed by atoms with Crippen LogP contribution in [0.25, 0.3) is 0 Å². The van der Waals surface area contributed by atoms with Crippen molar-refractivity contribution in [2.75, 3.05) is 13.2 Å². The molecule has 1 aromatic carbocycles. The first-order chi connectivity index (χ1) is 10.7. The molecule has 1 aromatic rings. The lowest BCUT2D eigenvalue weighted by atomic mass is 9.75. The fourth-order valence-electron chi connectivity index (χ4n) is 3.71. The summed E-state index contributed by atoms with van der Waals surface area (Å²) in [6, 6.07) is 3.80. The van der Waals surface area contributed by atoms with E-state index in [1.165, 1.54) is 38.2 Å². The van der Waals surface area contributed by atoms with Crippen molar-refractivity contribution in [1.82, 2.24) is 0 Å². The Morgan fingerprint density at radius 1 is 0.955 bits per heavy atom. The van der Waals surface area contributed by atoms with Crippen LogP contribution < -0.4 is 0 Å². The van der Waals surface area contributed by atoms with Crippen LogP contribution >= 0.6 is 0 Å². The molecule has 0 atom stereocenters. The topological polar surface area (TPSA) is 18.5 Å². The molecule has 1 saturated heterocycles. The maximum atomic E-state index is 13.3. The van der Waals surface area contributed by atoms with Crippen molar-refractivity contribution in [2.24, 2.45) is 17.8 Å². The summed E-state index contributed by atoms with van der Waals surface area (Å²) in [7, 11) is 0. The third kappa shape index (κ3) is 3.49. The van der Waals surface area contributed by atoms with Gasteiger partial charge in [0.15, 0.2) is 17.9 Å². The minimum atomic E-state index is -0.857. The molecular formula is C18H24F2O2. The Kier molecular flexibility index (Phi) is 5.09. The van der Waals surface area contributed by atoms with Crippen LogP contribution in [0.2, 0.25) is 0 Å². The zero-order valence-corrected chi connectivity index (χ0v) is 13.1. The van der Waals surface area contributed by atoms with Gasteiger partial charge >= 0.3 is 0 Å². The number of rotatable bonds is 3. The molecule has 3 rings (SSSR count). The van der Waals surface area contributed by atoms with Crippen LogP contribution in [0, 0.1) is 29.4 Å². The van der Waals surface area contributed by atoms with E-state index < -0.39 is 17.9 Å². The lowest BCUT2D eigenvalue weighted by Gasteiger charge is -2.37. The van der Waals surface area contributed by atoms with Gasteiger partial charge in [-0.1, -0.05) is 32.3 Å². The molecule has 0 aromatic heterocycles. The van der Waals surface area contributed by atoms with E-state index in [9.17, 15) is 8.78 Å². The van der Waals surface area contributed by atoms with Gasteiger partial charge in [0.2, 0.25) is 0 Å². The first-order valence-electron chi connectivity index (χ1n) is 8.35. The van der Waals surface area contributed by atoms with E-state index in [1.807, 2.05) is 0 Å². The van der Waals surface area contributed by atoms with Crippen molar-refractivity contribution in [3.63, 3.8) is 0 Å². The molecule has 22 heavy (non-hydrogen) atoms. The van der Waals surface area contributed by atoms with E-state index in [4.69, 9.17) is 9.47 Å². The third-order valence-electron chi connectivity index (χ3n) is 5.27.